The summed E-state index contributed by atoms with van der Waals surface area (Å²) in [7, 11) is 0. The number of carbonyl (C=O) groups excluding carboxylic acids is 2. The van der Waals surface area contributed by atoms with Crippen LogP contribution in [0.3, 0.4) is 0 Å². The number of morpholine rings is 1. The molecule has 1 aliphatic heterocycles. The molecule has 156 valence electrons. The number of nitrogens with zero attached hydrogens (tertiary/aromatic N) is 6. The van der Waals surface area contributed by atoms with E-state index in [9.17, 15) is 19.7 Å². The van der Waals surface area contributed by atoms with E-state index in [0.29, 0.717) is 44.2 Å². The number of hydrogen-bond donors (Lipinski definition) is 1. The maximum atomic E-state index is 12.9. The smallest absolute Gasteiger partial charge is 0.309 e. The molecule has 12 nitrogen and oxygen atoms in total. The topological polar surface area (TPSA) is 137 Å². The van der Waals surface area contributed by atoms with Gasteiger partial charge in [0.1, 0.15) is 17.6 Å². The van der Waals surface area contributed by atoms with Crippen LogP contribution in [0.2, 0.25) is 0 Å². The van der Waals surface area contributed by atoms with Crippen molar-refractivity contribution < 1.29 is 19.2 Å². The zero-order valence-corrected chi connectivity index (χ0v) is 16.3. The largest absolute Gasteiger partial charge is 0.378 e. The van der Waals surface area contributed by atoms with Gasteiger partial charge >= 0.3 is 5.69 Å². The van der Waals surface area contributed by atoms with E-state index in [0.717, 1.165) is 0 Å². The number of carbonyl (C=O) groups is 2. The second-order valence-electron chi connectivity index (χ2n) is 6.55. The fourth-order valence-electron chi connectivity index (χ4n) is 3.09. The summed E-state index contributed by atoms with van der Waals surface area (Å²) in [5.74, 6) is -0.547. The average Bonchev–Trinajstić information content (AvgIpc) is 3.29. The lowest BCUT2D eigenvalue weighted by Gasteiger charge is -2.27. The van der Waals surface area contributed by atoms with Gasteiger partial charge in [-0.25, -0.2) is 0 Å². The minimum atomic E-state index is -0.512. The van der Waals surface area contributed by atoms with Gasteiger partial charge in [0.15, 0.2) is 0 Å². The van der Waals surface area contributed by atoms with Gasteiger partial charge in [-0.15, -0.1) is 0 Å². The van der Waals surface area contributed by atoms with Crippen LogP contribution in [-0.4, -0.2) is 67.5 Å². The van der Waals surface area contributed by atoms with E-state index in [1.54, 1.807) is 9.58 Å². The second kappa shape index (κ2) is 8.82. The molecule has 0 radical (unpaired) electrons. The Kier molecular flexibility index (Phi) is 6.22. The predicted molar refractivity (Wildman–Crippen MR) is 101 cm³/mol. The van der Waals surface area contributed by atoms with Crippen LogP contribution in [0.5, 0.6) is 0 Å². The number of nitrogens with one attached hydrogen (secondary N) is 1. The van der Waals surface area contributed by atoms with E-state index >= 15 is 0 Å². The minimum absolute atomic E-state index is 0.0424. The number of hydrogen-bond acceptors (Lipinski definition) is 7. The molecule has 0 saturated carbocycles. The van der Waals surface area contributed by atoms with E-state index < -0.39 is 4.92 Å². The predicted octanol–water partition coefficient (Wildman–Crippen LogP) is 0.817. The monoisotopic (exact) mass is 405 g/mol. The van der Waals surface area contributed by atoms with Crippen LogP contribution in [0.15, 0.2) is 12.4 Å². The lowest BCUT2D eigenvalue weighted by atomic mass is 10.2. The number of nitro groups is 1. The third kappa shape index (κ3) is 4.59. The molecule has 2 aromatic rings. The average molecular weight is 405 g/mol. The molecule has 3 rings (SSSR count). The van der Waals surface area contributed by atoms with Crippen molar-refractivity contribution in [2.24, 2.45) is 0 Å². The summed E-state index contributed by atoms with van der Waals surface area (Å²) in [6.45, 7) is 5.98. The molecule has 0 bridgehead atoms. The van der Waals surface area contributed by atoms with Gasteiger partial charge in [0, 0.05) is 32.6 Å². The van der Waals surface area contributed by atoms with E-state index in [1.807, 2.05) is 6.92 Å². The van der Waals surface area contributed by atoms with Gasteiger partial charge < -0.3 is 15.0 Å². The Morgan fingerprint density at radius 1 is 1.34 bits per heavy atom. The Bertz CT molecular complexity index is 913. The third-order valence-electron chi connectivity index (χ3n) is 4.60. The molecule has 1 N–H and O–H groups in total. The molecule has 2 amide bonds. The molecule has 0 aliphatic carbocycles. The van der Waals surface area contributed by atoms with E-state index in [-0.39, 0.29) is 36.2 Å². The molecule has 3 heterocycles. The number of rotatable bonds is 7. The van der Waals surface area contributed by atoms with E-state index in [2.05, 4.69) is 15.5 Å². The van der Waals surface area contributed by atoms with Crippen molar-refractivity contribution in [2.45, 2.75) is 33.4 Å². The van der Waals surface area contributed by atoms with Crippen LogP contribution < -0.4 is 5.32 Å². The molecule has 0 aromatic carbocycles. The molecule has 1 saturated heterocycles. The van der Waals surface area contributed by atoms with E-state index in [4.69, 9.17) is 4.74 Å². The minimum Gasteiger partial charge on any atom is -0.378 e. The highest BCUT2D eigenvalue weighted by Gasteiger charge is 2.26. The molecule has 1 fully saturated rings. The van der Waals surface area contributed by atoms with Crippen molar-refractivity contribution in [2.75, 3.05) is 31.6 Å². The Balaban J connectivity index is 1.67. The Labute approximate surface area is 166 Å². The molecule has 0 spiro atoms. The fourth-order valence-corrected chi connectivity index (χ4v) is 3.09. The number of anilines is 1. The Morgan fingerprint density at radius 3 is 2.69 bits per heavy atom. The highest BCUT2D eigenvalue weighted by atomic mass is 16.6. The molecular formula is C17H23N7O5. The fraction of sp³-hybridized carbons (Fsp3) is 0.529. The first-order chi connectivity index (χ1) is 13.9. The van der Waals surface area contributed by atoms with Gasteiger partial charge in [-0.2, -0.15) is 10.2 Å². The van der Waals surface area contributed by atoms with Crippen LogP contribution >= 0.6 is 0 Å². The Hall–Kier alpha value is -3.28. The molecule has 1 aliphatic rings. The van der Waals surface area contributed by atoms with Gasteiger partial charge in [-0.3, -0.25) is 29.1 Å². The van der Waals surface area contributed by atoms with Crippen molar-refractivity contribution >= 4 is 23.2 Å². The second-order valence-corrected chi connectivity index (χ2v) is 6.55. The summed E-state index contributed by atoms with van der Waals surface area (Å²) in [5.41, 5.74) is 0.871. The highest BCUT2D eigenvalue weighted by molar-refractivity contribution is 6.02. The van der Waals surface area contributed by atoms with Crippen molar-refractivity contribution in [3.05, 3.63) is 33.9 Å². The third-order valence-corrected chi connectivity index (χ3v) is 4.60. The zero-order chi connectivity index (χ0) is 21.0. The Morgan fingerprint density at radius 2 is 2.07 bits per heavy atom. The first kappa shape index (κ1) is 20.5. The number of aromatic nitrogens is 4. The van der Waals surface area contributed by atoms with Gasteiger partial charge in [-0.1, -0.05) is 0 Å². The summed E-state index contributed by atoms with van der Waals surface area (Å²) < 4.78 is 8.19. The first-order valence-electron chi connectivity index (χ1n) is 9.31. The summed E-state index contributed by atoms with van der Waals surface area (Å²) in [6, 6.07) is 0. The highest BCUT2D eigenvalue weighted by Crippen LogP contribution is 2.19. The SMILES string of the molecule is CCn1ncc(NC(=O)CCn2cc([N+](=O)[O-])c(C)n2)c1C(=O)N1CCOCC1. The number of aryl methyl sites for hydroxylation is 3. The molecule has 0 unspecified atom stereocenters. The number of ether oxygens (including phenoxy) is 1. The van der Waals surface area contributed by atoms with Crippen LogP contribution in [0.1, 0.15) is 29.5 Å². The lowest BCUT2D eigenvalue weighted by Crippen LogP contribution is -2.41. The molecule has 29 heavy (non-hydrogen) atoms. The molecule has 2 aromatic heterocycles. The summed E-state index contributed by atoms with van der Waals surface area (Å²) in [4.78, 5) is 37.4. The van der Waals surface area contributed by atoms with Crippen molar-refractivity contribution in [3.8, 4) is 0 Å². The van der Waals surface area contributed by atoms with Crippen LogP contribution in [0, 0.1) is 17.0 Å². The summed E-state index contributed by atoms with van der Waals surface area (Å²) >= 11 is 0. The van der Waals surface area contributed by atoms with Gasteiger partial charge in [0.2, 0.25) is 5.91 Å². The quantitative estimate of drug-likeness (QED) is 0.531. The van der Waals surface area contributed by atoms with E-state index in [1.165, 1.54) is 24.0 Å². The molecule has 0 atom stereocenters. The van der Waals surface area contributed by atoms with Gasteiger partial charge in [0.05, 0.1) is 30.0 Å². The van der Waals surface area contributed by atoms with Gasteiger partial charge in [-0.05, 0) is 13.8 Å². The molecule has 12 heteroatoms. The zero-order valence-electron chi connectivity index (χ0n) is 16.3. The summed E-state index contributed by atoms with van der Waals surface area (Å²) in [6.07, 6.45) is 2.80. The van der Waals surface area contributed by atoms with Crippen molar-refractivity contribution in [1.82, 2.24) is 24.5 Å². The summed E-state index contributed by atoms with van der Waals surface area (Å²) in [5, 5.41) is 21.8. The first-order valence-corrected chi connectivity index (χ1v) is 9.31. The maximum Gasteiger partial charge on any atom is 0.309 e. The van der Waals surface area contributed by atoms with Crippen LogP contribution in [0.25, 0.3) is 0 Å². The maximum absolute atomic E-state index is 12.9. The lowest BCUT2D eigenvalue weighted by molar-refractivity contribution is -0.385. The normalized spacial score (nSPS) is 14.1. The standard InChI is InChI=1S/C17H23N7O5/c1-3-23-16(17(26)21-6-8-29-9-7-21)13(10-18-23)19-15(25)4-5-22-11-14(24(27)28)12(2)20-22/h10-11H,3-9H2,1-2H3,(H,19,25). The van der Waals surface area contributed by atoms with Gasteiger partial charge in [0.25, 0.3) is 5.91 Å². The van der Waals surface area contributed by atoms with Crippen molar-refractivity contribution in [1.29, 1.82) is 0 Å². The van der Waals surface area contributed by atoms with Crippen molar-refractivity contribution in [3.63, 3.8) is 0 Å². The van der Waals surface area contributed by atoms with Crippen LogP contribution in [-0.2, 0) is 22.6 Å². The number of amides is 2. The van der Waals surface area contributed by atoms with Crippen LogP contribution in [0.4, 0.5) is 11.4 Å². The molecular weight excluding hydrogens is 382 g/mol.